The predicted molar refractivity (Wildman–Crippen MR) is 91.7 cm³/mol. The Hall–Kier alpha value is -1.40. The maximum atomic E-state index is 11.7. The number of carbonyl (C=O) groups excluding carboxylic acids is 2. The fourth-order valence-corrected chi connectivity index (χ4v) is 4.05. The highest BCUT2D eigenvalue weighted by molar-refractivity contribution is 5.67. The van der Waals surface area contributed by atoms with Crippen molar-refractivity contribution < 1.29 is 28.9 Å². The van der Waals surface area contributed by atoms with Gasteiger partial charge in [-0.2, -0.15) is 0 Å². The maximum absolute atomic E-state index is 11.7. The lowest BCUT2D eigenvalue weighted by Crippen LogP contribution is -2.45. The van der Waals surface area contributed by atoms with Crippen molar-refractivity contribution in [1.29, 1.82) is 0 Å². The summed E-state index contributed by atoms with van der Waals surface area (Å²) in [6.45, 7) is 10.6. The minimum atomic E-state index is -0.651. The van der Waals surface area contributed by atoms with E-state index in [0.717, 1.165) is 5.57 Å². The standard InChI is InChI=1S/C19H30O6/c1-10(2)16-15(23-12(4)20)8-11(3)7-14(22)9-19(6)18(25-19)17(16)24-13(5)21/h7,10,14-18,22H,8-9H2,1-6H3/b11-7+/t14-,15-,16+,17?,18-,19-/m0/s1. The number of ether oxygens (including phenoxy) is 3. The van der Waals surface area contributed by atoms with Crippen LogP contribution in [0.5, 0.6) is 0 Å². The second-order valence-electron chi connectivity index (χ2n) is 7.88. The summed E-state index contributed by atoms with van der Waals surface area (Å²) in [6.07, 6.45) is 0.784. The average molecular weight is 354 g/mol. The fraction of sp³-hybridized carbons (Fsp3) is 0.789. The molecule has 25 heavy (non-hydrogen) atoms. The summed E-state index contributed by atoms with van der Waals surface area (Å²) in [4.78, 5) is 23.4. The fourth-order valence-electron chi connectivity index (χ4n) is 4.05. The summed E-state index contributed by atoms with van der Waals surface area (Å²) in [6, 6.07) is 0. The molecule has 6 heteroatoms. The molecular formula is C19H30O6. The highest BCUT2D eigenvalue weighted by Gasteiger charge is 2.61. The second kappa shape index (κ2) is 7.46. The molecule has 142 valence electrons. The number of fused-ring (bicyclic) bond motifs is 1. The van der Waals surface area contributed by atoms with Crippen molar-refractivity contribution in [1.82, 2.24) is 0 Å². The molecule has 6 atom stereocenters. The SMILES string of the molecule is CC(=O)OC1[C@H](C(C)C)[C@@H](OC(C)=O)C/C(C)=C/[C@H](O)C[C@]2(C)O[C@@H]12. The summed E-state index contributed by atoms with van der Waals surface area (Å²) in [5.74, 6) is -0.848. The molecule has 1 saturated heterocycles. The number of epoxide rings is 1. The zero-order chi connectivity index (χ0) is 18.9. The van der Waals surface area contributed by atoms with Crippen LogP contribution in [0.1, 0.15) is 54.4 Å². The lowest BCUT2D eigenvalue weighted by molar-refractivity contribution is -0.163. The van der Waals surface area contributed by atoms with Gasteiger partial charge in [0.15, 0.2) is 0 Å². The van der Waals surface area contributed by atoms with Crippen molar-refractivity contribution in [3.8, 4) is 0 Å². The molecule has 2 rings (SSSR count). The Morgan fingerprint density at radius 3 is 2.40 bits per heavy atom. The van der Waals surface area contributed by atoms with E-state index in [9.17, 15) is 14.7 Å². The first kappa shape index (κ1) is 19.9. The zero-order valence-corrected chi connectivity index (χ0v) is 15.9. The molecule has 1 aliphatic carbocycles. The van der Waals surface area contributed by atoms with Gasteiger partial charge in [0, 0.05) is 32.6 Å². The van der Waals surface area contributed by atoms with E-state index >= 15 is 0 Å². The summed E-state index contributed by atoms with van der Waals surface area (Å²) in [7, 11) is 0. The van der Waals surface area contributed by atoms with Gasteiger partial charge in [0.1, 0.15) is 18.3 Å². The molecule has 0 aromatic rings. The molecule has 0 aromatic heterocycles. The maximum Gasteiger partial charge on any atom is 0.303 e. The highest BCUT2D eigenvalue weighted by Crippen LogP contribution is 2.48. The number of esters is 2. The number of carbonyl (C=O) groups is 2. The van der Waals surface area contributed by atoms with Crippen LogP contribution in [0.15, 0.2) is 11.6 Å². The summed E-state index contributed by atoms with van der Waals surface area (Å²) in [5.41, 5.74) is 0.385. The first-order valence-corrected chi connectivity index (χ1v) is 8.91. The van der Waals surface area contributed by atoms with Gasteiger partial charge in [-0.15, -0.1) is 0 Å². The molecule has 1 unspecified atom stereocenters. The van der Waals surface area contributed by atoms with Crippen molar-refractivity contribution in [3.05, 3.63) is 11.6 Å². The van der Waals surface area contributed by atoms with Crippen LogP contribution in [0.4, 0.5) is 0 Å². The first-order valence-electron chi connectivity index (χ1n) is 8.91. The Labute approximate surface area is 149 Å². The average Bonchev–Trinajstić information content (AvgIpc) is 3.05. The Morgan fingerprint density at radius 2 is 1.88 bits per heavy atom. The van der Waals surface area contributed by atoms with Gasteiger partial charge in [0.2, 0.25) is 0 Å². The van der Waals surface area contributed by atoms with Gasteiger partial charge in [-0.3, -0.25) is 9.59 Å². The molecule has 0 spiro atoms. The number of aliphatic hydroxyl groups is 1. The van der Waals surface area contributed by atoms with E-state index in [1.807, 2.05) is 27.7 Å². The third-order valence-corrected chi connectivity index (χ3v) is 5.05. The Bertz CT molecular complexity index is 554. The smallest absolute Gasteiger partial charge is 0.303 e. The van der Waals surface area contributed by atoms with E-state index in [1.54, 1.807) is 6.08 Å². The molecule has 1 heterocycles. The van der Waals surface area contributed by atoms with Crippen molar-refractivity contribution in [2.24, 2.45) is 11.8 Å². The van der Waals surface area contributed by atoms with Crippen LogP contribution >= 0.6 is 0 Å². The molecule has 0 amide bonds. The Morgan fingerprint density at radius 1 is 1.28 bits per heavy atom. The molecule has 0 bridgehead atoms. The van der Waals surface area contributed by atoms with Gasteiger partial charge >= 0.3 is 11.9 Å². The normalized spacial score (nSPS) is 40.5. The molecule has 0 saturated carbocycles. The minimum Gasteiger partial charge on any atom is -0.462 e. The van der Waals surface area contributed by atoms with Gasteiger partial charge in [-0.05, 0) is 19.8 Å². The molecular weight excluding hydrogens is 324 g/mol. The molecule has 0 radical (unpaired) electrons. The number of hydrogen-bond donors (Lipinski definition) is 1. The van der Waals surface area contributed by atoms with Crippen molar-refractivity contribution in [2.45, 2.75) is 84.4 Å². The van der Waals surface area contributed by atoms with Crippen LogP contribution in [0.25, 0.3) is 0 Å². The number of rotatable bonds is 3. The molecule has 6 nitrogen and oxygen atoms in total. The van der Waals surface area contributed by atoms with E-state index in [1.165, 1.54) is 13.8 Å². The first-order chi connectivity index (χ1) is 11.5. The molecule has 1 fully saturated rings. The zero-order valence-electron chi connectivity index (χ0n) is 15.9. The topological polar surface area (TPSA) is 85.4 Å². The molecule has 0 aromatic carbocycles. The van der Waals surface area contributed by atoms with Crippen molar-refractivity contribution in [3.63, 3.8) is 0 Å². The van der Waals surface area contributed by atoms with Crippen LogP contribution in [0.2, 0.25) is 0 Å². The van der Waals surface area contributed by atoms with Gasteiger partial charge in [0.25, 0.3) is 0 Å². The number of hydrogen-bond acceptors (Lipinski definition) is 6. The van der Waals surface area contributed by atoms with E-state index in [4.69, 9.17) is 14.2 Å². The monoisotopic (exact) mass is 354 g/mol. The summed E-state index contributed by atoms with van der Waals surface area (Å²) >= 11 is 0. The quantitative estimate of drug-likeness (QED) is 0.476. The van der Waals surface area contributed by atoms with Crippen LogP contribution in [0, 0.1) is 11.8 Å². The number of aliphatic hydroxyl groups excluding tert-OH is 1. The third-order valence-electron chi connectivity index (χ3n) is 5.05. The van der Waals surface area contributed by atoms with Gasteiger partial charge in [0.05, 0.1) is 11.7 Å². The second-order valence-corrected chi connectivity index (χ2v) is 7.88. The molecule has 1 aliphatic heterocycles. The van der Waals surface area contributed by atoms with Gasteiger partial charge in [-0.1, -0.05) is 25.5 Å². The predicted octanol–water partition coefficient (Wildman–Crippen LogP) is 2.38. The van der Waals surface area contributed by atoms with Crippen molar-refractivity contribution in [2.75, 3.05) is 0 Å². The lowest BCUT2D eigenvalue weighted by atomic mass is 9.78. The van der Waals surface area contributed by atoms with E-state index < -0.39 is 23.9 Å². The van der Waals surface area contributed by atoms with Crippen molar-refractivity contribution >= 4 is 11.9 Å². The van der Waals surface area contributed by atoms with Crippen LogP contribution in [0.3, 0.4) is 0 Å². The lowest BCUT2D eigenvalue weighted by Gasteiger charge is -2.36. The van der Waals surface area contributed by atoms with Crippen LogP contribution in [-0.4, -0.2) is 47.1 Å². The highest BCUT2D eigenvalue weighted by atomic mass is 16.6. The molecule has 1 N–H and O–H groups in total. The van der Waals surface area contributed by atoms with E-state index in [2.05, 4.69) is 0 Å². The van der Waals surface area contributed by atoms with Gasteiger partial charge < -0.3 is 19.3 Å². The Kier molecular flexibility index (Phi) is 5.94. The largest absolute Gasteiger partial charge is 0.462 e. The van der Waals surface area contributed by atoms with Gasteiger partial charge in [-0.25, -0.2) is 0 Å². The van der Waals surface area contributed by atoms with E-state index in [-0.39, 0.29) is 29.9 Å². The molecule has 2 aliphatic rings. The summed E-state index contributed by atoms with van der Waals surface area (Å²) < 4.78 is 17.1. The minimum absolute atomic E-state index is 0.110. The van der Waals surface area contributed by atoms with Crippen LogP contribution in [-0.2, 0) is 23.8 Å². The third kappa shape index (κ3) is 4.82. The van der Waals surface area contributed by atoms with E-state index in [0.29, 0.717) is 12.8 Å². The summed E-state index contributed by atoms with van der Waals surface area (Å²) in [5, 5.41) is 10.3. The Balaban J connectivity index is 2.45. The van der Waals surface area contributed by atoms with Crippen LogP contribution < -0.4 is 0 Å².